The standard InChI is InChI=1S/C25H47N3O12P2/c1-2-3-4-5-6-7-8-9-10-11-12-13-14-15-18(39-42(36,37)40-41(33,34)35)20(29)23-21(30)22(31)24(38-23)28-17-16-19(26)27-25(28)32/h16-18,20-24,29-31H,2-15H2,1H3,(H,36,37)(H2,26,27,32)(H2,33,34,35)/t18?,20?,21-,22+,23+,24+/m0/s1. The smallest absolute Gasteiger partial charge is 0.388 e. The summed E-state index contributed by atoms with van der Waals surface area (Å²) >= 11 is 0. The van der Waals surface area contributed by atoms with E-state index in [4.69, 9.17) is 24.8 Å². The van der Waals surface area contributed by atoms with E-state index >= 15 is 0 Å². The van der Waals surface area contributed by atoms with Crippen molar-refractivity contribution >= 4 is 21.5 Å². The summed E-state index contributed by atoms with van der Waals surface area (Å²) in [5, 5.41) is 32.1. The molecule has 2 rings (SSSR count). The van der Waals surface area contributed by atoms with Gasteiger partial charge in [-0.05, 0) is 12.5 Å². The van der Waals surface area contributed by atoms with Crippen molar-refractivity contribution < 1.29 is 52.7 Å². The first-order valence-electron chi connectivity index (χ1n) is 14.6. The number of aliphatic hydroxyl groups is 3. The van der Waals surface area contributed by atoms with Crippen LogP contribution in [0.5, 0.6) is 0 Å². The number of aliphatic hydroxyl groups excluding tert-OH is 3. The van der Waals surface area contributed by atoms with Gasteiger partial charge < -0.3 is 40.5 Å². The Morgan fingerprint density at radius 2 is 1.48 bits per heavy atom. The summed E-state index contributed by atoms with van der Waals surface area (Å²) in [7, 11) is -10.8. The summed E-state index contributed by atoms with van der Waals surface area (Å²) in [5.74, 6) is -0.0871. The Morgan fingerprint density at radius 3 is 1.98 bits per heavy atom. The summed E-state index contributed by atoms with van der Waals surface area (Å²) in [6.07, 6.45) is 4.95. The molecule has 1 aromatic rings. The third kappa shape index (κ3) is 12.8. The molecule has 0 aliphatic carbocycles. The Bertz CT molecular complexity index is 1090. The maximum absolute atomic E-state index is 12.3. The van der Waals surface area contributed by atoms with Crippen LogP contribution in [0.2, 0.25) is 0 Å². The molecule has 0 bridgehead atoms. The van der Waals surface area contributed by atoms with Gasteiger partial charge in [-0.1, -0.05) is 90.4 Å². The van der Waals surface area contributed by atoms with E-state index in [-0.39, 0.29) is 12.2 Å². The molecule has 1 aliphatic heterocycles. The molecule has 17 heteroatoms. The highest BCUT2D eigenvalue weighted by Crippen LogP contribution is 2.58. The van der Waals surface area contributed by atoms with E-state index in [1.807, 2.05) is 0 Å². The second kappa shape index (κ2) is 17.9. The third-order valence-electron chi connectivity index (χ3n) is 7.19. The van der Waals surface area contributed by atoms with E-state index in [2.05, 4.69) is 16.2 Å². The van der Waals surface area contributed by atoms with Gasteiger partial charge in [0.15, 0.2) is 6.23 Å². The number of hydrogen-bond donors (Lipinski definition) is 7. The predicted molar refractivity (Wildman–Crippen MR) is 153 cm³/mol. The number of phosphoric acid groups is 2. The van der Waals surface area contributed by atoms with Gasteiger partial charge in [0.05, 0.1) is 6.10 Å². The highest BCUT2D eigenvalue weighted by Gasteiger charge is 2.50. The van der Waals surface area contributed by atoms with Gasteiger partial charge in [-0.15, -0.1) is 0 Å². The third-order valence-corrected chi connectivity index (χ3v) is 9.40. The van der Waals surface area contributed by atoms with Crippen LogP contribution in [-0.4, -0.2) is 70.1 Å². The Balaban J connectivity index is 1.94. The fourth-order valence-electron chi connectivity index (χ4n) is 5.00. The lowest BCUT2D eigenvalue weighted by atomic mass is 9.97. The SMILES string of the molecule is CCCCCCCCCCCCCCCC(OP(=O)(O)OP(=O)(O)O)C(O)[C@H]1O[C@@H](n2ccc(N)nc2=O)[C@H](O)[C@@H]1O. The van der Waals surface area contributed by atoms with Gasteiger partial charge >= 0.3 is 21.3 Å². The average molecular weight is 644 g/mol. The van der Waals surface area contributed by atoms with E-state index in [0.717, 1.165) is 30.3 Å². The normalized spacial score (nSPS) is 24.0. The molecule has 8 N–H and O–H groups in total. The van der Waals surface area contributed by atoms with Crippen molar-refractivity contribution in [1.82, 2.24) is 9.55 Å². The molecule has 0 aromatic carbocycles. The van der Waals surface area contributed by atoms with Crippen LogP contribution >= 0.6 is 15.6 Å². The molecule has 42 heavy (non-hydrogen) atoms. The molecule has 0 spiro atoms. The summed E-state index contributed by atoms with van der Waals surface area (Å²) < 4.78 is 38.7. The molecular weight excluding hydrogens is 596 g/mol. The maximum atomic E-state index is 12.3. The number of unbranched alkanes of at least 4 members (excludes halogenated alkanes) is 12. The van der Waals surface area contributed by atoms with E-state index in [1.165, 1.54) is 57.2 Å². The number of nitrogens with zero attached hydrogens (tertiary/aromatic N) is 2. The maximum Gasteiger partial charge on any atom is 0.481 e. The molecule has 1 aromatic heterocycles. The second-order valence-electron chi connectivity index (χ2n) is 10.7. The van der Waals surface area contributed by atoms with Crippen LogP contribution in [0.3, 0.4) is 0 Å². The average Bonchev–Trinajstić information content (AvgIpc) is 3.18. The summed E-state index contributed by atoms with van der Waals surface area (Å²) in [6.45, 7) is 2.20. The molecule has 7 atom stereocenters. The fourth-order valence-corrected chi connectivity index (χ4v) is 6.80. The van der Waals surface area contributed by atoms with Crippen LogP contribution in [0.25, 0.3) is 0 Å². The van der Waals surface area contributed by atoms with E-state index in [9.17, 15) is 34.1 Å². The Kier molecular flexibility index (Phi) is 15.8. The molecule has 2 heterocycles. The van der Waals surface area contributed by atoms with Gasteiger partial charge in [0.25, 0.3) is 0 Å². The number of rotatable bonds is 21. The van der Waals surface area contributed by atoms with E-state index < -0.39 is 58.1 Å². The van der Waals surface area contributed by atoms with Gasteiger partial charge in [0.2, 0.25) is 0 Å². The highest BCUT2D eigenvalue weighted by atomic mass is 31.3. The first kappa shape index (κ1) is 37.0. The van der Waals surface area contributed by atoms with Crippen LogP contribution in [0, 0.1) is 0 Å². The summed E-state index contributed by atoms with van der Waals surface area (Å²) in [4.78, 5) is 43.6. The zero-order chi connectivity index (χ0) is 31.3. The first-order valence-corrected chi connectivity index (χ1v) is 17.6. The number of nitrogen functional groups attached to an aromatic ring is 1. The van der Waals surface area contributed by atoms with Crippen molar-refractivity contribution in [2.75, 3.05) is 5.73 Å². The first-order chi connectivity index (χ1) is 19.8. The monoisotopic (exact) mass is 643 g/mol. The lowest BCUT2D eigenvalue weighted by Gasteiger charge is -2.29. The molecule has 1 saturated heterocycles. The lowest BCUT2D eigenvalue weighted by molar-refractivity contribution is -0.120. The second-order valence-corrected chi connectivity index (χ2v) is 13.5. The Labute approximate surface area is 245 Å². The van der Waals surface area contributed by atoms with Gasteiger partial charge in [0.1, 0.15) is 30.2 Å². The van der Waals surface area contributed by atoms with Gasteiger partial charge in [-0.25, -0.2) is 13.9 Å². The molecule has 15 nitrogen and oxygen atoms in total. The fraction of sp³-hybridized carbons (Fsp3) is 0.840. The minimum Gasteiger partial charge on any atom is -0.388 e. The Hall–Kier alpha value is -1.22. The van der Waals surface area contributed by atoms with Crippen molar-refractivity contribution in [3.05, 3.63) is 22.7 Å². The van der Waals surface area contributed by atoms with Crippen molar-refractivity contribution in [2.45, 2.75) is 134 Å². The number of ether oxygens (including phenoxy) is 1. The molecular formula is C25H47N3O12P2. The van der Waals surface area contributed by atoms with Crippen LogP contribution < -0.4 is 11.4 Å². The van der Waals surface area contributed by atoms with Gasteiger partial charge in [-0.3, -0.25) is 9.09 Å². The number of aromatic nitrogens is 2. The number of anilines is 1. The molecule has 1 fully saturated rings. The van der Waals surface area contributed by atoms with Crippen molar-refractivity contribution in [1.29, 1.82) is 0 Å². The Morgan fingerprint density at radius 1 is 0.952 bits per heavy atom. The van der Waals surface area contributed by atoms with Crippen LogP contribution in [0.1, 0.15) is 103 Å². The predicted octanol–water partition coefficient (Wildman–Crippen LogP) is 2.88. The molecule has 1 aliphatic rings. The quantitative estimate of drug-likeness (QED) is 0.0752. The van der Waals surface area contributed by atoms with Crippen LogP contribution in [0.15, 0.2) is 17.1 Å². The topological polar surface area (TPSA) is 244 Å². The molecule has 0 saturated carbocycles. The lowest BCUT2D eigenvalue weighted by Crippen LogP contribution is -2.45. The summed E-state index contributed by atoms with van der Waals surface area (Å²) in [5.41, 5.74) is 4.58. The number of phosphoric ester groups is 1. The van der Waals surface area contributed by atoms with Crippen molar-refractivity contribution in [2.24, 2.45) is 0 Å². The van der Waals surface area contributed by atoms with Crippen molar-refractivity contribution in [3.8, 4) is 0 Å². The number of hydrogen-bond acceptors (Lipinski definition) is 11. The summed E-state index contributed by atoms with van der Waals surface area (Å²) in [6, 6.07) is 1.26. The number of nitrogens with two attached hydrogens (primary N) is 1. The molecule has 3 unspecified atom stereocenters. The van der Waals surface area contributed by atoms with E-state index in [1.54, 1.807) is 0 Å². The minimum absolute atomic E-state index is 0.0648. The van der Waals surface area contributed by atoms with Gasteiger partial charge in [0, 0.05) is 6.20 Å². The van der Waals surface area contributed by atoms with Crippen LogP contribution in [0.4, 0.5) is 5.82 Å². The zero-order valence-electron chi connectivity index (χ0n) is 24.0. The molecule has 0 radical (unpaired) electrons. The van der Waals surface area contributed by atoms with E-state index in [0.29, 0.717) is 12.8 Å². The molecule has 244 valence electrons. The largest absolute Gasteiger partial charge is 0.481 e. The zero-order valence-corrected chi connectivity index (χ0v) is 25.8. The van der Waals surface area contributed by atoms with Gasteiger partial charge in [-0.2, -0.15) is 9.29 Å². The van der Waals surface area contributed by atoms with Crippen LogP contribution in [-0.2, 0) is 22.7 Å². The molecule has 0 amide bonds. The highest BCUT2D eigenvalue weighted by molar-refractivity contribution is 7.60. The van der Waals surface area contributed by atoms with Crippen molar-refractivity contribution in [3.63, 3.8) is 0 Å². The minimum atomic E-state index is -5.44.